The number of aryl methyl sites for hydroxylation is 1. The van der Waals surface area contributed by atoms with E-state index in [2.05, 4.69) is 5.16 Å². The lowest BCUT2D eigenvalue weighted by molar-refractivity contribution is -0.130. The van der Waals surface area contributed by atoms with Gasteiger partial charge in [0.15, 0.2) is 0 Å². The molecule has 1 atom stereocenters. The minimum Gasteiger partial charge on any atom is -0.361 e. The molecule has 1 aromatic heterocycles. The van der Waals surface area contributed by atoms with Crippen LogP contribution >= 0.6 is 0 Å². The van der Waals surface area contributed by atoms with Gasteiger partial charge >= 0.3 is 0 Å². The maximum Gasteiger partial charge on any atom is 0.222 e. The summed E-state index contributed by atoms with van der Waals surface area (Å²) in [5.74, 6) is 1.27. The number of carbonyl (C=O) groups excluding carboxylic acids is 1. The number of amides is 1. The van der Waals surface area contributed by atoms with Crippen molar-refractivity contribution in [2.75, 3.05) is 13.6 Å². The van der Waals surface area contributed by atoms with Gasteiger partial charge in [0.1, 0.15) is 11.5 Å². The summed E-state index contributed by atoms with van der Waals surface area (Å²) in [6.45, 7) is 5.00. The summed E-state index contributed by atoms with van der Waals surface area (Å²) in [5, 5.41) is 3.86. The zero-order chi connectivity index (χ0) is 12.8. The van der Waals surface area contributed by atoms with E-state index in [9.17, 15) is 4.79 Å². The fraction of sp³-hybridized carbons (Fsp3) is 0.667. The first-order valence-electron chi connectivity index (χ1n) is 5.89. The van der Waals surface area contributed by atoms with Crippen molar-refractivity contribution in [1.29, 1.82) is 0 Å². The van der Waals surface area contributed by atoms with E-state index in [4.69, 9.17) is 10.3 Å². The van der Waals surface area contributed by atoms with Gasteiger partial charge in [0.25, 0.3) is 0 Å². The first-order chi connectivity index (χ1) is 8.02. The molecular formula is C12H21N3O2. The average molecular weight is 239 g/mol. The van der Waals surface area contributed by atoms with Gasteiger partial charge in [0.05, 0.1) is 6.54 Å². The van der Waals surface area contributed by atoms with Gasteiger partial charge in [-0.2, -0.15) is 0 Å². The van der Waals surface area contributed by atoms with E-state index in [0.717, 1.165) is 17.9 Å². The second-order valence-corrected chi connectivity index (χ2v) is 4.56. The Morgan fingerprint density at radius 3 is 2.88 bits per heavy atom. The van der Waals surface area contributed by atoms with Crippen LogP contribution in [-0.2, 0) is 11.3 Å². The summed E-state index contributed by atoms with van der Waals surface area (Å²) in [6, 6.07) is 1.84. The smallest absolute Gasteiger partial charge is 0.222 e. The van der Waals surface area contributed by atoms with Crippen molar-refractivity contribution in [1.82, 2.24) is 10.1 Å². The molecule has 0 fully saturated rings. The van der Waals surface area contributed by atoms with Crippen molar-refractivity contribution in [2.45, 2.75) is 33.2 Å². The Kier molecular flexibility index (Phi) is 5.15. The highest BCUT2D eigenvalue weighted by atomic mass is 16.5. The van der Waals surface area contributed by atoms with E-state index in [1.807, 2.05) is 19.9 Å². The normalized spacial score (nSPS) is 12.5. The molecule has 1 rings (SSSR count). The van der Waals surface area contributed by atoms with E-state index in [0.29, 0.717) is 25.4 Å². The summed E-state index contributed by atoms with van der Waals surface area (Å²) in [4.78, 5) is 13.5. The van der Waals surface area contributed by atoms with Gasteiger partial charge in [-0.3, -0.25) is 4.79 Å². The number of rotatable bonds is 6. The van der Waals surface area contributed by atoms with Gasteiger partial charge in [0, 0.05) is 19.5 Å². The van der Waals surface area contributed by atoms with Crippen molar-refractivity contribution in [3.63, 3.8) is 0 Å². The van der Waals surface area contributed by atoms with Crippen molar-refractivity contribution >= 4 is 5.91 Å². The zero-order valence-corrected chi connectivity index (χ0v) is 10.8. The summed E-state index contributed by atoms with van der Waals surface area (Å²) < 4.78 is 4.96. The molecule has 0 saturated heterocycles. The van der Waals surface area contributed by atoms with Crippen LogP contribution in [-0.4, -0.2) is 29.6 Å². The topological polar surface area (TPSA) is 72.4 Å². The Morgan fingerprint density at radius 1 is 1.65 bits per heavy atom. The van der Waals surface area contributed by atoms with Crippen LogP contribution in [0.4, 0.5) is 0 Å². The van der Waals surface area contributed by atoms with Crippen LogP contribution in [0.15, 0.2) is 10.6 Å². The number of hydrogen-bond acceptors (Lipinski definition) is 4. The maximum atomic E-state index is 11.8. The molecule has 17 heavy (non-hydrogen) atoms. The Balaban J connectivity index is 2.36. The lowest BCUT2D eigenvalue weighted by atomic mass is 10.1. The second kappa shape index (κ2) is 6.39. The largest absolute Gasteiger partial charge is 0.361 e. The van der Waals surface area contributed by atoms with Crippen LogP contribution in [0.25, 0.3) is 0 Å². The van der Waals surface area contributed by atoms with E-state index >= 15 is 0 Å². The van der Waals surface area contributed by atoms with Crippen molar-refractivity contribution in [3.05, 3.63) is 17.5 Å². The van der Waals surface area contributed by atoms with Crippen molar-refractivity contribution in [2.24, 2.45) is 11.7 Å². The van der Waals surface area contributed by atoms with Crippen LogP contribution in [0, 0.1) is 12.8 Å². The zero-order valence-electron chi connectivity index (χ0n) is 10.8. The summed E-state index contributed by atoms with van der Waals surface area (Å²) in [6.07, 6.45) is 1.36. The van der Waals surface area contributed by atoms with Crippen LogP contribution in [0.1, 0.15) is 31.2 Å². The Labute approximate surface area is 102 Å². The highest BCUT2D eigenvalue weighted by Crippen LogP contribution is 2.08. The molecule has 0 aliphatic heterocycles. The standard InChI is InChI=1S/C12H21N3O2/c1-9(7-13)4-5-12(16)15(3)8-11-6-10(2)17-14-11/h6,9H,4-5,7-8,13H2,1-3H3. The van der Waals surface area contributed by atoms with Gasteiger partial charge in [-0.1, -0.05) is 12.1 Å². The average Bonchev–Trinajstić information content (AvgIpc) is 2.70. The highest BCUT2D eigenvalue weighted by Gasteiger charge is 2.12. The molecule has 5 nitrogen and oxygen atoms in total. The number of carbonyl (C=O) groups is 1. The lowest BCUT2D eigenvalue weighted by Crippen LogP contribution is -2.27. The van der Waals surface area contributed by atoms with Crippen LogP contribution in [0.5, 0.6) is 0 Å². The third kappa shape index (κ3) is 4.56. The molecule has 1 aromatic rings. The highest BCUT2D eigenvalue weighted by molar-refractivity contribution is 5.75. The minimum atomic E-state index is 0.117. The number of aromatic nitrogens is 1. The van der Waals surface area contributed by atoms with Gasteiger partial charge < -0.3 is 15.2 Å². The fourth-order valence-corrected chi connectivity index (χ4v) is 1.50. The molecule has 0 aromatic carbocycles. The lowest BCUT2D eigenvalue weighted by Gasteiger charge is -2.16. The predicted octanol–water partition coefficient (Wildman–Crippen LogP) is 1.32. The van der Waals surface area contributed by atoms with Crippen LogP contribution in [0.3, 0.4) is 0 Å². The van der Waals surface area contributed by atoms with Crippen LogP contribution in [0.2, 0.25) is 0 Å². The fourth-order valence-electron chi connectivity index (χ4n) is 1.50. The molecule has 2 N–H and O–H groups in total. The molecule has 5 heteroatoms. The first-order valence-corrected chi connectivity index (χ1v) is 5.89. The molecule has 96 valence electrons. The molecule has 0 radical (unpaired) electrons. The molecule has 1 amide bonds. The SMILES string of the molecule is Cc1cc(CN(C)C(=O)CCC(C)CN)no1. The number of nitrogens with zero attached hydrogens (tertiary/aromatic N) is 2. The molecule has 0 aliphatic rings. The van der Waals surface area contributed by atoms with Crippen molar-refractivity contribution in [3.8, 4) is 0 Å². The molecule has 0 saturated carbocycles. The molecular weight excluding hydrogens is 218 g/mol. The van der Waals surface area contributed by atoms with Crippen molar-refractivity contribution < 1.29 is 9.32 Å². The Morgan fingerprint density at radius 2 is 2.35 bits per heavy atom. The quantitative estimate of drug-likeness (QED) is 0.812. The third-order valence-corrected chi connectivity index (χ3v) is 2.76. The van der Waals surface area contributed by atoms with E-state index < -0.39 is 0 Å². The van der Waals surface area contributed by atoms with Gasteiger partial charge in [-0.05, 0) is 25.8 Å². The van der Waals surface area contributed by atoms with Gasteiger partial charge in [-0.15, -0.1) is 0 Å². The Bertz CT molecular complexity index is 362. The summed E-state index contributed by atoms with van der Waals surface area (Å²) >= 11 is 0. The second-order valence-electron chi connectivity index (χ2n) is 4.56. The monoisotopic (exact) mass is 239 g/mol. The maximum absolute atomic E-state index is 11.8. The molecule has 1 unspecified atom stereocenters. The number of hydrogen-bond donors (Lipinski definition) is 1. The molecule has 0 spiro atoms. The minimum absolute atomic E-state index is 0.117. The first kappa shape index (κ1) is 13.7. The van der Waals surface area contributed by atoms with E-state index in [1.165, 1.54) is 0 Å². The summed E-state index contributed by atoms with van der Waals surface area (Å²) in [5.41, 5.74) is 6.30. The third-order valence-electron chi connectivity index (χ3n) is 2.76. The van der Waals surface area contributed by atoms with E-state index in [-0.39, 0.29) is 5.91 Å². The van der Waals surface area contributed by atoms with Gasteiger partial charge in [0.2, 0.25) is 5.91 Å². The molecule has 1 heterocycles. The Hall–Kier alpha value is -1.36. The number of nitrogens with two attached hydrogens (primary N) is 1. The summed E-state index contributed by atoms with van der Waals surface area (Å²) in [7, 11) is 1.78. The van der Waals surface area contributed by atoms with Gasteiger partial charge in [-0.25, -0.2) is 0 Å². The molecule has 0 bridgehead atoms. The van der Waals surface area contributed by atoms with Crippen LogP contribution < -0.4 is 5.73 Å². The predicted molar refractivity (Wildman–Crippen MR) is 65.2 cm³/mol. The van der Waals surface area contributed by atoms with E-state index in [1.54, 1.807) is 11.9 Å². The molecule has 0 aliphatic carbocycles.